The molecule has 2 atom stereocenters. The number of hydrogen-bond acceptors (Lipinski definition) is 3. The molecule has 0 unspecified atom stereocenters. The minimum atomic E-state index is -3.35. The maximum atomic E-state index is 12.8. The standard InChI is InChI=1S/C17H26N2O3S/c1-13(14-4-5-14)18(2)23(20,21)19-11-10-16(12-19)15-6-8-17(22-3)9-7-15/h6-9,13-14,16H,4-5,10-12H2,1-3H3/t13-,16+/m0/s1. The van der Waals surface area contributed by atoms with Crippen LogP contribution in [-0.2, 0) is 10.2 Å². The zero-order valence-corrected chi connectivity index (χ0v) is 14.9. The third-order valence-corrected chi connectivity index (χ3v) is 7.35. The lowest BCUT2D eigenvalue weighted by atomic mass is 9.99. The molecule has 0 bridgehead atoms. The van der Waals surface area contributed by atoms with Crippen LogP contribution >= 0.6 is 0 Å². The van der Waals surface area contributed by atoms with Gasteiger partial charge in [0.15, 0.2) is 0 Å². The highest BCUT2D eigenvalue weighted by molar-refractivity contribution is 7.86. The molecule has 23 heavy (non-hydrogen) atoms. The van der Waals surface area contributed by atoms with Crippen LogP contribution in [-0.4, -0.2) is 50.3 Å². The van der Waals surface area contributed by atoms with E-state index in [1.165, 1.54) is 5.56 Å². The van der Waals surface area contributed by atoms with Crippen molar-refractivity contribution in [3.63, 3.8) is 0 Å². The third kappa shape index (κ3) is 3.39. The lowest BCUT2D eigenvalue weighted by Crippen LogP contribution is -2.45. The summed E-state index contributed by atoms with van der Waals surface area (Å²) >= 11 is 0. The van der Waals surface area contributed by atoms with E-state index >= 15 is 0 Å². The van der Waals surface area contributed by atoms with Gasteiger partial charge in [-0.3, -0.25) is 0 Å². The first-order chi connectivity index (χ1) is 10.9. The molecule has 1 aromatic rings. The van der Waals surface area contributed by atoms with Crippen LogP contribution in [0.1, 0.15) is 37.7 Å². The summed E-state index contributed by atoms with van der Waals surface area (Å²) in [6, 6.07) is 8.05. The van der Waals surface area contributed by atoms with Crippen molar-refractivity contribution in [3.8, 4) is 5.75 Å². The molecule has 1 heterocycles. The zero-order chi connectivity index (χ0) is 16.6. The molecular formula is C17H26N2O3S. The van der Waals surface area contributed by atoms with Crippen molar-refractivity contribution in [2.75, 3.05) is 27.2 Å². The molecule has 5 nitrogen and oxygen atoms in total. The highest BCUT2D eigenvalue weighted by Gasteiger charge is 2.40. The van der Waals surface area contributed by atoms with Crippen molar-refractivity contribution in [3.05, 3.63) is 29.8 Å². The fourth-order valence-corrected chi connectivity index (χ4v) is 5.01. The predicted molar refractivity (Wildman–Crippen MR) is 90.8 cm³/mol. The van der Waals surface area contributed by atoms with Crippen molar-refractivity contribution in [1.82, 2.24) is 8.61 Å². The van der Waals surface area contributed by atoms with Crippen LogP contribution in [0.5, 0.6) is 5.75 Å². The van der Waals surface area contributed by atoms with E-state index in [9.17, 15) is 8.42 Å². The minimum absolute atomic E-state index is 0.0973. The van der Waals surface area contributed by atoms with E-state index < -0.39 is 10.2 Å². The van der Waals surface area contributed by atoms with Gasteiger partial charge >= 0.3 is 0 Å². The molecular weight excluding hydrogens is 312 g/mol. The van der Waals surface area contributed by atoms with Gasteiger partial charge < -0.3 is 4.74 Å². The molecule has 0 aromatic heterocycles. The van der Waals surface area contributed by atoms with Crippen LogP contribution in [0.25, 0.3) is 0 Å². The summed E-state index contributed by atoms with van der Waals surface area (Å²) in [5.74, 6) is 1.63. The maximum Gasteiger partial charge on any atom is 0.281 e. The normalized spacial score (nSPS) is 24.1. The first-order valence-corrected chi connectivity index (χ1v) is 9.70. The lowest BCUT2D eigenvalue weighted by molar-refractivity contribution is 0.322. The lowest BCUT2D eigenvalue weighted by Gasteiger charge is -2.29. The van der Waals surface area contributed by atoms with Gasteiger partial charge in [-0.1, -0.05) is 12.1 Å². The van der Waals surface area contributed by atoms with E-state index in [0.29, 0.717) is 19.0 Å². The average Bonchev–Trinajstić information content (AvgIpc) is 3.29. The van der Waals surface area contributed by atoms with Gasteiger partial charge in [0.1, 0.15) is 5.75 Å². The van der Waals surface area contributed by atoms with Gasteiger partial charge in [-0.25, -0.2) is 0 Å². The summed E-state index contributed by atoms with van der Waals surface area (Å²) in [4.78, 5) is 0. The Hall–Kier alpha value is -1.11. The predicted octanol–water partition coefficient (Wildman–Crippen LogP) is 2.46. The largest absolute Gasteiger partial charge is 0.497 e. The van der Waals surface area contributed by atoms with Gasteiger partial charge in [-0.05, 0) is 55.7 Å². The van der Waals surface area contributed by atoms with Crippen LogP contribution < -0.4 is 4.74 Å². The van der Waals surface area contributed by atoms with Crippen molar-refractivity contribution >= 4 is 10.2 Å². The van der Waals surface area contributed by atoms with E-state index in [1.807, 2.05) is 31.2 Å². The van der Waals surface area contributed by atoms with Crippen molar-refractivity contribution in [1.29, 1.82) is 0 Å². The average molecular weight is 338 g/mol. The molecule has 0 radical (unpaired) electrons. The molecule has 1 saturated carbocycles. The number of hydrogen-bond donors (Lipinski definition) is 0. The highest BCUT2D eigenvalue weighted by Crippen LogP contribution is 2.37. The van der Waals surface area contributed by atoms with Gasteiger partial charge in [0.2, 0.25) is 0 Å². The molecule has 1 aromatic carbocycles. The van der Waals surface area contributed by atoms with E-state index in [0.717, 1.165) is 25.0 Å². The smallest absolute Gasteiger partial charge is 0.281 e. The summed E-state index contributed by atoms with van der Waals surface area (Å²) < 4.78 is 34.0. The minimum Gasteiger partial charge on any atom is -0.497 e. The Morgan fingerprint density at radius 2 is 1.87 bits per heavy atom. The molecule has 1 aliphatic heterocycles. The summed E-state index contributed by atoms with van der Waals surface area (Å²) in [7, 11) is 0.0151. The molecule has 0 N–H and O–H groups in total. The Morgan fingerprint density at radius 1 is 1.22 bits per heavy atom. The van der Waals surface area contributed by atoms with E-state index in [-0.39, 0.29) is 12.0 Å². The van der Waals surface area contributed by atoms with Gasteiger partial charge in [0, 0.05) is 26.2 Å². The van der Waals surface area contributed by atoms with E-state index in [1.54, 1.807) is 22.8 Å². The molecule has 128 valence electrons. The van der Waals surface area contributed by atoms with Crippen LogP contribution in [0.4, 0.5) is 0 Å². The number of benzene rings is 1. The Morgan fingerprint density at radius 3 is 2.43 bits per heavy atom. The SMILES string of the molecule is COc1ccc([C@@H]2CCN(S(=O)(=O)N(C)[C@@H](C)C3CC3)C2)cc1. The fourth-order valence-electron chi connectivity index (χ4n) is 3.35. The van der Waals surface area contributed by atoms with Gasteiger partial charge in [0.05, 0.1) is 7.11 Å². The maximum absolute atomic E-state index is 12.8. The van der Waals surface area contributed by atoms with Crippen LogP contribution in [0.3, 0.4) is 0 Å². The van der Waals surface area contributed by atoms with Crippen molar-refractivity contribution in [2.45, 2.75) is 38.1 Å². The quantitative estimate of drug-likeness (QED) is 0.800. The van der Waals surface area contributed by atoms with E-state index in [4.69, 9.17) is 4.74 Å². The van der Waals surface area contributed by atoms with Gasteiger partial charge in [-0.15, -0.1) is 0 Å². The Balaban J connectivity index is 1.68. The summed E-state index contributed by atoms with van der Waals surface area (Å²) in [5.41, 5.74) is 1.18. The Labute approximate surface area is 139 Å². The topological polar surface area (TPSA) is 49.9 Å². The number of methoxy groups -OCH3 is 1. The third-order valence-electron chi connectivity index (χ3n) is 5.31. The van der Waals surface area contributed by atoms with E-state index in [2.05, 4.69) is 0 Å². The summed E-state index contributed by atoms with van der Waals surface area (Å²) in [5, 5.41) is 0. The second-order valence-corrected chi connectivity index (χ2v) is 8.71. The monoisotopic (exact) mass is 338 g/mol. The van der Waals surface area contributed by atoms with Crippen LogP contribution in [0.15, 0.2) is 24.3 Å². The molecule has 6 heteroatoms. The van der Waals surface area contributed by atoms with Crippen molar-refractivity contribution in [2.24, 2.45) is 5.92 Å². The molecule has 3 rings (SSSR count). The molecule has 1 saturated heterocycles. The van der Waals surface area contributed by atoms with Gasteiger partial charge in [0.25, 0.3) is 10.2 Å². The Bertz CT molecular complexity index is 640. The second kappa shape index (κ2) is 6.42. The zero-order valence-electron chi connectivity index (χ0n) is 14.1. The molecule has 1 aliphatic carbocycles. The second-order valence-electron chi connectivity index (χ2n) is 6.72. The molecule has 0 spiro atoms. The molecule has 0 amide bonds. The van der Waals surface area contributed by atoms with Crippen LogP contribution in [0.2, 0.25) is 0 Å². The molecule has 2 fully saturated rings. The number of rotatable bonds is 6. The van der Waals surface area contributed by atoms with Crippen LogP contribution in [0, 0.1) is 5.92 Å². The number of nitrogens with zero attached hydrogens (tertiary/aromatic N) is 2. The first kappa shape index (κ1) is 16.7. The summed E-state index contributed by atoms with van der Waals surface area (Å²) in [6.07, 6.45) is 3.17. The van der Waals surface area contributed by atoms with Crippen molar-refractivity contribution < 1.29 is 13.2 Å². The Kier molecular flexibility index (Phi) is 4.67. The highest BCUT2D eigenvalue weighted by atomic mass is 32.2. The fraction of sp³-hybridized carbons (Fsp3) is 0.647. The first-order valence-electron chi connectivity index (χ1n) is 8.30. The van der Waals surface area contributed by atoms with Gasteiger partial charge in [-0.2, -0.15) is 17.0 Å². The summed E-state index contributed by atoms with van der Waals surface area (Å²) in [6.45, 7) is 3.18. The number of ether oxygens (including phenoxy) is 1. The molecule has 2 aliphatic rings.